The number of hydrogen-bond acceptors (Lipinski definition) is 4. The van der Waals surface area contributed by atoms with Crippen molar-refractivity contribution in [3.05, 3.63) is 18.1 Å². The molecular weight excluding hydrogens is 190 g/mol. The zero-order valence-corrected chi connectivity index (χ0v) is 9.48. The van der Waals surface area contributed by atoms with E-state index in [2.05, 4.69) is 28.7 Å². The van der Waals surface area contributed by atoms with Gasteiger partial charge in [-0.25, -0.2) is 4.98 Å². The Morgan fingerprint density at radius 2 is 2.07 bits per heavy atom. The van der Waals surface area contributed by atoms with Crippen LogP contribution in [0.5, 0.6) is 0 Å². The van der Waals surface area contributed by atoms with E-state index >= 15 is 0 Å². The molecule has 1 aromatic heterocycles. The summed E-state index contributed by atoms with van der Waals surface area (Å²) in [5, 5.41) is 8.85. The van der Waals surface area contributed by atoms with Crippen LogP contribution in [0, 0.1) is 0 Å². The van der Waals surface area contributed by atoms with E-state index in [4.69, 9.17) is 5.11 Å². The number of rotatable bonds is 6. The summed E-state index contributed by atoms with van der Waals surface area (Å²) in [6, 6.07) is 0. The standard InChI is InChI=1S/C11H19N3O/c1-3-5-6-14(4-2)11-8-12-10(9-15)7-13-11/h7-8,15H,3-6,9H2,1-2H3. The van der Waals surface area contributed by atoms with Crippen LogP contribution in [-0.4, -0.2) is 28.2 Å². The van der Waals surface area contributed by atoms with Gasteiger partial charge in [0.15, 0.2) is 0 Å². The summed E-state index contributed by atoms with van der Waals surface area (Å²) in [6.45, 7) is 6.19. The van der Waals surface area contributed by atoms with E-state index in [0.29, 0.717) is 5.69 Å². The molecule has 4 heteroatoms. The van der Waals surface area contributed by atoms with Gasteiger partial charge >= 0.3 is 0 Å². The first kappa shape index (κ1) is 11.9. The summed E-state index contributed by atoms with van der Waals surface area (Å²) in [6.07, 6.45) is 5.70. The fourth-order valence-corrected chi connectivity index (χ4v) is 1.38. The minimum Gasteiger partial charge on any atom is -0.390 e. The molecule has 0 aromatic carbocycles. The van der Waals surface area contributed by atoms with Crippen molar-refractivity contribution in [3.63, 3.8) is 0 Å². The van der Waals surface area contributed by atoms with Crippen LogP contribution >= 0.6 is 0 Å². The Balaban J connectivity index is 2.65. The Labute approximate surface area is 91.0 Å². The molecule has 0 atom stereocenters. The van der Waals surface area contributed by atoms with Gasteiger partial charge in [-0.3, -0.25) is 4.98 Å². The first-order valence-electron chi connectivity index (χ1n) is 5.48. The monoisotopic (exact) mass is 209 g/mol. The van der Waals surface area contributed by atoms with Crippen molar-refractivity contribution < 1.29 is 5.11 Å². The Morgan fingerprint density at radius 3 is 2.53 bits per heavy atom. The molecule has 1 aromatic rings. The summed E-state index contributed by atoms with van der Waals surface area (Å²) >= 11 is 0. The zero-order chi connectivity index (χ0) is 11.1. The highest BCUT2D eigenvalue weighted by Gasteiger charge is 2.05. The van der Waals surface area contributed by atoms with Gasteiger partial charge in [-0.2, -0.15) is 0 Å². The fourth-order valence-electron chi connectivity index (χ4n) is 1.38. The Bertz CT molecular complexity index is 274. The normalized spacial score (nSPS) is 10.3. The average Bonchev–Trinajstić information content (AvgIpc) is 2.31. The number of anilines is 1. The Morgan fingerprint density at radius 1 is 1.27 bits per heavy atom. The molecule has 0 aliphatic rings. The molecule has 0 spiro atoms. The highest BCUT2D eigenvalue weighted by molar-refractivity contribution is 5.35. The topological polar surface area (TPSA) is 49.2 Å². The average molecular weight is 209 g/mol. The summed E-state index contributed by atoms with van der Waals surface area (Å²) < 4.78 is 0. The third-order valence-corrected chi connectivity index (χ3v) is 2.34. The smallest absolute Gasteiger partial charge is 0.147 e. The second-order valence-electron chi connectivity index (χ2n) is 3.46. The van der Waals surface area contributed by atoms with Crippen molar-refractivity contribution in [1.82, 2.24) is 9.97 Å². The summed E-state index contributed by atoms with van der Waals surface area (Å²) in [4.78, 5) is 10.6. The van der Waals surface area contributed by atoms with Crippen molar-refractivity contribution in [2.45, 2.75) is 33.3 Å². The lowest BCUT2D eigenvalue weighted by molar-refractivity contribution is 0.276. The molecule has 0 aliphatic carbocycles. The zero-order valence-electron chi connectivity index (χ0n) is 9.48. The lowest BCUT2D eigenvalue weighted by atomic mass is 10.3. The lowest BCUT2D eigenvalue weighted by Gasteiger charge is -2.21. The summed E-state index contributed by atoms with van der Waals surface area (Å²) in [5.74, 6) is 0.892. The first-order chi connectivity index (χ1) is 7.31. The van der Waals surface area contributed by atoms with E-state index in [0.717, 1.165) is 25.3 Å². The molecule has 4 nitrogen and oxygen atoms in total. The number of aliphatic hydroxyl groups excluding tert-OH is 1. The summed E-state index contributed by atoms with van der Waals surface area (Å²) in [5.41, 5.74) is 0.616. The minimum absolute atomic E-state index is 0.0473. The van der Waals surface area contributed by atoms with Gasteiger partial charge in [-0.15, -0.1) is 0 Å². The van der Waals surface area contributed by atoms with Crippen LogP contribution in [0.25, 0.3) is 0 Å². The van der Waals surface area contributed by atoms with E-state index in [1.54, 1.807) is 12.4 Å². The number of unbranched alkanes of at least 4 members (excludes halogenated alkanes) is 1. The molecule has 0 amide bonds. The van der Waals surface area contributed by atoms with Gasteiger partial charge in [0.25, 0.3) is 0 Å². The fraction of sp³-hybridized carbons (Fsp3) is 0.636. The molecule has 0 aliphatic heterocycles. The third kappa shape index (κ3) is 3.47. The molecule has 0 unspecified atom stereocenters. The Kier molecular flexibility index (Phi) is 5.04. The number of nitrogens with zero attached hydrogens (tertiary/aromatic N) is 3. The Hall–Kier alpha value is -1.16. The minimum atomic E-state index is -0.0473. The predicted octanol–water partition coefficient (Wildman–Crippen LogP) is 1.60. The number of aliphatic hydroxyl groups is 1. The predicted molar refractivity (Wildman–Crippen MR) is 60.7 cm³/mol. The molecule has 1 rings (SSSR count). The molecule has 0 saturated carbocycles. The van der Waals surface area contributed by atoms with Crippen molar-refractivity contribution >= 4 is 5.82 Å². The van der Waals surface area contributed by atoms with Crippen molar-refractivity contribution in [2.75, 3.05) is 18.0 Å². The molecule has 0 fully saturated rings. The number of aromatic nitrogens is 2. The second-order valence-corrected chi connectivity index (χ2v) is 3.46. The van der Waals surface area contributed by atoms with Crippen LogP contribution in [0.3, 0.4) is 0 Å². The van der Waals surface area contributed by atoms with Crippen molar-refractivity contribution in [2.24, 2.45) is 0 Å². The molecule has 1 heterocycles. The van der Waals surface area contributed by atoms with Gasteiger partial charge in [0.1, 0.15) is 5.82 Å². The molecule has 0 bridgehead atoms. The molecule has 1 N–H and O–H groups in total. The van der Waals surface area contributed by atoms with Gasteiger partial charge in [0.2, 0.25) is 0 Å². The van der Waals surface area contributed by atoms with Crippen molar-refractivity contribution in [1.29, 1.82) is 0 Å². The lowest BCUT2D eigenvalue weighted by Crippen LogP contribution is -2.25. The van der Waals surface area contributed by atoms with E-state index in [1.807, 2.05) is 0 Å². The molecule has 0 saturated heterocycles. The van der Waals surface area contributed by atoms with Crippen LogP contribution in [0.1, 0.15) is 32.4 Å². The van der Waals surface area contributed by atoms with E-state index in [-0.39, 0.29) is 6.61 Å². The van der Waals surface area contributed by atoms with Gasteiger partial charge in [0, 0.05) is 13.1 Å². The van der Waals surface area contributed by atoms with Crippen LogP contribution in [-0.2, 0) is 6.61 Å². The largest absolute Gasteiger partial charge is 0.390 e. The summed E-state index contributed by atoms with van der Waals surface area (Å²) in [7, 11) is 0. The molecular formula is C11H19N3O. The maximum absolute atomic E-state index is 8.85. The van der Waals surface area contributed by atoms with Crippen LogP contribution in [0.2, 0.25) is 0 Å². The van der Waals surface area contributed by atoms with Gasteiger partial charge in [0.05, 0.1) is 24.7 Å². The first-order valence-corrected chi connectivity index (χ1v) is 5.48. The number of hydrogen-bond donors (Lipinski definition) is 1. The van der Waals surface area contributed by atoms with Gasteiger partial charge < -0.3 is 10.0 Å². The molecule has 15 heavy (non-hydrogen) atoms. The quantitative estimate of drug-likeness (QED) is 0.773. The van der Waals surface area contributed by atoms with E-state index < -0.39 is 0 Å². The maximum atomic E-state index is 8.85. The van der Waals surface area contributed by atoms with Crippen LogP contribution in [0.4, 0.5) is 5.82 Å². The maximum Gasteiger partial charge on any atom is 0.147 e. The third-order valence-electron chi connectivity index (χ3n) is 2.34. The molecule has 0 radical (unpaired) electrons. The SMILES string of the molecule is CCCCN(CC)c1cnc(CO)cn1. The van der Waals surface area contributed by atoms with Gasteiger partial charge in [-0.05, 0) is 13.3 Å². The second kappa shape index (κ2) is 6.35. The molecule has 84 valence electrons. The van der Waals surface area contributed by atoms with E-state index in [1.165, 1.54) is 6.42 Å². The van der Waals surface area contributed by atoms with Crippen LogP contribution < -0.4 is 4.90 Å². The van der Waals surface area contributed by atoms with Gasteiger partial charge in [-0.1, -0.05) is 13.3 Å². The van der Waals surface area contributed by atoms with E-state index in [9.17, 15) is 0 Å². The van der Waals surface area contributed by atoms with Crippen LogP contribution in [0.15, 0.2) is 12.4 Å². The highest BCUT2D eigenvalue weighted by atomic mass is 16.3. The highest BCUT2D eigenvalue weighted by Crippen LogP contribution is 2.09. The van der Waals surface area contributed by atoms with Crippen molar-refractivity contribution in [3.8, 4) is 0 Å².